The van der Waals surface area contributed by atoms with E-state index in [1.165, 1.54) is 12.8 Å². The Labute approximate surface area is 119 Å². The summed E-state index contributed by atoms with van der Waals surface area (Å²) in [5.41, 5.74) is 0. The zero-order valence-corrected chi connectivity index (χ0v) is 15.3. The van der Waals surface area contributed by atoms with E-state index >= 15 is 0 Å². The van der Waals surface area contributed by atoms with Gasteiger partial charge >= 0.3 is 13.4 Å². The second-order valence-corrected chi connectivity index (χ2v) is 7.23. The summed E-state index contributed by atoms with van der Waals surface area (Å²) in [5, 5.41) is 0. The molecule has 0 fully saturated rings. The van der Waals surface area contributed by atoms with Gasteiger partial charge in [-0.25, -0.2) is 0 Å². The molecule has 0 aromatic rings. The fourth-order valence-corrected chi connectivity index (χ4v) is 0.250. The van der Waals surface area contributed by atoms with Gasteiger partial charge in [0.2, 0.25) is 0 Å². The third kappa shape index (κ3) is 249. The Kier molecular flexibility index (Phi) is 24.2. The van der Waals surface area contributed by atoms with E-state index < -0.39 is 13.4 Å². The molecule has 6 N–H and O–H groups in total. The molecule has 0 aromatic heterocycles. The van der Waals surface area contributed by atoms with Crippen LogP contribution in [0.2, 0.25) is 0 Å². The molecule has 0 aliphatic rings. The Balaban J connectivity index is -0.0000000655. The summed E-state index contributed by atoms with van der Waals surface area (Å²) in [7, 11) is 0. The van der Waals surface area contributed by atoms with E-state index in [1.54, 1.807) is 0 Å². The zero-order valence-electron chi connectivity index (χ0n) is 8.93. The molecule has 0 saturated carbocycles. The molecule has 0 atom stereocenters. The summed E-state index contributed by atoms with van der Waals surface area (Å²) < 4.78 is 0. The largest absolute Gasteiger partial charge is 0.343 e. The zero-order chi connectivity index (χ0) is 13.1. The molecule has 0 saturated heterocycles. The first kappa shape index (κ1) is 26.3. The Morgan fingerprint density at radius 1 is 0.938 bits per heavy atom. The molecule has 0 amide bonds. The van der Waals surface area contributed by atoms with Crippen molar-refractivity contribution in [2.75, 3.05) is 0 Å². The van der Waals surface area contributed by atoms with Crippen LogP contribution in [0.15, 0.2) is 0 Å². The van der Waals surface area contributed by atoms with Gasteiger partial charge in [-0.05, 0) is 23.6 Å². The van der Waals surface area contributed by atoms with Gasteiger partial charge in [-0.1, -0.05) is 19.8 Å². The minimum atomic E-state index is -3.81. The van der Waals surface area contributed by atoms with E-state index in [0.717, 1.165) is 6.42 Å². The maximum absolute atomic E-state index is 7.56. The van der Waals surface area contributed by atoms with Gasteiger partial charge in [0.1, 0.15) is 0 Å². The molecule has 0 bridgehead atoms. The first-order chi connectivity index (χ1) is 6.41. The Bertz CT molecular complexity index is 178. The van der Waals surface area contributed by atoms with Crippen molar-refractivity contribution >= 4 is 37.1 Å². The molecule has 0 unspecified atom stereocenters. The van der Waals surface area contributed by atoms with Crippen molar-refractivity contribution in [2.24, 2.45) is 0 Å². The second-order valence-electron chi connectivity index (χ2n) is 2.23. The second kappa shape index (κ2) is 14.7. The van der Waals surface area contributed by atoms with Crippen LogP contribution in [0.25, 0.3) is 0 Å². The predicted octanol–water partition coefficient (Wildman–Crippen LogP) is 0.384. The van der Waals surface area contributed by atoms with Crippen molar-refractivity contribution in [2.45, 2.75) is 26.2 Å². The monoisotopic (exact) mass is 363 g/mol. The van der Waals surface area contributed by atoms with Crippen molar-refractivity contribution in [1.82, 2.24) is 0 Å². The molecule has 0 aromatic carbocycles. The van der Waals surface area contributed by atoms with Crippen LogP contribution in [0.1, 0.15) is 26.2 Å². The average molecular weight is 365 g/mol. The van der Waals surface area contributed by atoms with Crippen molar-refractivity contribution < 1.29 is 48.8 Å². The van der Waals surface area contributed by atoms with Gasteiger partial charge in [0, 0.05) is 19.5 Å². The van der Waals surface area contributed by atoms with E-state index in [2.05, 4.69) is 37.5 Å². The molecule has 0 rings (SSSR count). The van der Waals surface area contributed by atoms with Gasteiger partial charge in [-0.2, -0.15) is 6.42 Å². The van der Waals surface area contributed by atoms with Gasteiger partial charge in [-0.3, -0.25) is 0 Å². The Morgan fingerprint density at radius 2 is 1.12 bits per heavy atom. The van der Waals surface area contributed by atoms with Gasteiger partial charge in [0.25, 0.3) is 0 Å². The van der Waals surface area contributed by atoms with Crippen LogP contribution in [0.4, 0.5) is 0 Å². The molecule has 0 heterocycles. The topological polar surface area (TPSA) is 121 Å². The minimum absolute atomic E-state index is 0. The van der Waals surface area contributed by atoms with Gasteiger partial charge in [0.05, 0.1) is 0 Å². The minimum Gasteiger partial charge on any atom is -0.343 e. The standard InChI is InChI=1S/C5H11.2H3O3PS.Zn/c1-3-5-4-2;2*1-4(2,3)5;/h1,3-5H2,2H3;2*(H3,1,2,3,5);/q-1;;;. The molecule has 16 heavy (non-hydrogen) atoms. The number of rotatable bonds is 2. The molecular formula is C5H17O6P2S2Zn-. The van der Waals surface area contributed by atoms with Crippen molar-refractivity contribution in [1.29, 1.82) is 0 Å². The number of hydrogen-bond donors (Lipinski definition) is 6. The van der Waals surface area contributed by atoms with E-state index in [-0.39, 0.29) is 19.5 Å². The molecule has 11 heteroatoms. The third-order valence-corrected chi connectivity index (χ3v) is 0.604. The summed E-state index contributed by atoms with van der Waals surface area (Å²) >= 11 is 7.21. The molecular weight excluding hydrogens is 348 g/mol. The fourth-order valence-electron chi connectivity index (χ4n) is 0.250. The van der Waals surface area contributed by atoms with Crippen LogP contribution in [-0.2, 0) is 43.1 Å². The van der Waals surface area contributed by atoms with Crippen LogP contribution < -0.4 is 0 Å². The maximum Gasteiger partial charge on any atom is 0.319 e. The summed E-state index contributed by atoms with van der Waals surface area (Å²) in [4.78, 5) is 45.3. The maximum atomic E-state index is 7.56. The quantitative estimate of drug-likeness (QED) is 0.236. The van der Waals surface area contributed by atoms with Gasteiger partial charge in [0.15, 0.2) is 0 Å². The molecule has 0 aliphatic carbocycles. The smallest absolute Gasteiger partial charge is 0.319 e. The molecule has 0 spiro atoms. The first-order valence-electron chi connectivity index (χ1n) is 3.77. The van der Waals surface area contributed by atoms with Crippen molar-refractivity contribution in [3.05, 3.63) is 6.92 Å². The summed E-state index contributed by atoms with van der Waals surface area (Å²) in [6.45, 7) is -1.76. The molecule has 0 aliphatic heterocycles. The molecule has 0 radical (unpaired) electrons. The van der Waals surface area contributed by atoms with E-state index in [9.17, 15) is 0 Å². The van der Waals surface area contributed by atoms with Gasteiger partial charge in [-0.15, -0.1) is 0 Å². The Hall–Kier alpha value is 1.68. The Morgan fingerprint density at radius 3 is 1.12 bits per heavy atom. The predicted molar refractivity (Wildman–Crippen MR) is 66.8 cm³/mol. The molecule has 98 valence electrons. The van der Waals surface area contributed by atoms with Crippen LogP contribution in [-0.4, -0.2) is 29.4 Å². The van der Waals surface area contributed by atoms with Crippen molar-refractivity contribution in [3.8, 4) is 0 Å². The SMILES string of the molecule is OP(O)(O)=S.OP(O)(O)=S.[CH2-]CCCC.[Zn]. The number of hydrogen-bond acceptors (Lipinski definition) is 2. The first-order valence-corrected chi connectivity index (χ1v) is 9.09. The van der Waals surface area contributed by atoms with E-state index in [1.807, 2.05) is 0 Å². The molecule has 6 nitrogen and oxygen atoms in total. The third-order valence-electron chi connectivity index (χ3n) is 0.604. The summed E-state index contributed by atoms with van der Waals surface area (Å²) in [6.07, 6.45) is 3.65. The van der Waals surface area contributed by atoms with Crippen molar-refractivity contribution in [3.63, 3.8) is 0 Å². The fraction of sp³-hybridized carbons (Fsp3) is 0.800. The van der Waals surface area contributed by atoms with E-state index in [0.29, 0.717) is 0 Å². The summed E-state index contributed by atoms with van der Waals surface area (Å²) in [5.74, 6) is 0. The van der Waals surface area contributed by atoms with E-state index in [4.69, 9.17) is 29.4 Å². The normalized spacial score (nSPS) is 10.0. The van der Waals surface area contributed by atoms with Crippen LogP contribution in [0.3, 0.4) is 0 Å². The van der Waals surface area contributed by atoms with Gasteiger partial charge < -0.3 is 36.3 Å². The van der Waals surface area contributed by atoms with Crippen LogP contribution >= 0.6 is 13.4 Å². The van der Waals surface area contributed by atoms with Crippen LogP contribution in [0, 0.1) is 6.92 Å². The van der Waals surface area contributed by atoms with Crippen LogP contribution in [0.5, 0.6) is 0 Å². The number of unbranched alkanes of at least 4 members (excludes halogenated alkanes) is 2. The average Bonchev–Trinajstić information content (AvgIpc) is 1.80. The summed E-state index contributed by atoms with van der Waals surface area (Å²) in [6, 6.07) is 0.